The van der Waals surface area contributed by atoms with Crippen molar-refractivity contribution in [3.05, 3.63) is 0 Å². The SMILES string of the molecule is CCC1(OC(=O)C(C)(CC)COCCS(=O)(=O)O)CCCC1. The van der Waals surface area contributed by atoms with E-state index in [-0.39, 0.29) is 24.8 Å². The van der Waals surface area contributed by atoms with Gasteiger partial charge in [-0.2, -0.15) is 8.42 Å². The average Bonchev–Trinajstić information content (AvgIpc) is 2.91. The third kappa shape index (κ3) is 5.52. The van der Waals surface area contributed by atoms with Crippen LogP contribution in [0.25, 0.3) is 0 Å². The molecule has 1 atom stereocenters. The zero-order chi connectivity index (χ0) is 16.9. The van der Waals surface area contributed by atoms with Gasteiger partial charge >= 0.3 is 5.97 Å². The van der Waals surface area contributed by atoms with Crippen molar-refractivity contribution in [2.45, 2.75) is 64.9 Å². The van der Waals surface area contributed by atoms with Crippen molar-refractivity contribution in [1.82, 2.24) is 0 Å². The van der Waals surface area contributed by atoms with Crippen molar-refractivity contribution in [3.8, 4) is 0 Å². The van der Waals surface area contributed by atoms with Gasteiger partial charge in [-0.25, -0.2) is 0 Å². The molecule has 1 saturated carbocycles. The summed E-state index contributed by atoms with van der Waals surface area (Å²) in [5.74, 6) is -0.758. The van der Waals surface area contributed by atoms with Crippen LogP contribution in [0, 0.1) is 5.41 Å². The van der Waals surface area contributed by atoms with E-state index in [9.17, 15) is 13.2 Å². The van der Waals surface area contributed by atoms with E-state index in [0.717, 1.165) is 32.1 Å². The highest BCUT2D eigenvalue weighted by atomic mass is 32.2. The van der Waals surface area contributed by atoms with Gasteiger partial charge in [-0.15, -0.1) is 0 Å². The van der Waals surface area contributed by atoms with Crippen molar-refractivity contribution >= 4 is 16.1 Å². The van der Waals surface area contributed by atoms with Crippen LogP contribution in [0.5, 0.6) is 0 Å². The van der Waals surface area contributed by atoms with Crippen LogP contribution in [0.2, 0.25) is 0 Å². The summed E-state index contributed by atoms with van der Waals surface area (Å²) in [5.41, 5.74) is -1.15. The normalized spacial score (nSPS) is 20.5. The molecule has 0 aromatic carbocycles. The standard InChI is InChI=1S/C15H28O6S/c1-4-14(3,12-20-10-11-22(17,18)19)13(16)21-15(5-2)8-6-7-9-15/h4-12H2,1-3H3,(H,17,18,19). The molecule has 1 fully saturated rings. The van der Waals surface area contributed by atoms with Crippen LogP contribution in [0.1, 0.15) is 59.3 Å². The molecule has 0 spiro atoms. The number of esters is 1. The fourth-order valence-electron chi connectivity index (χ4n) is 2.63. The first-order valence-corrected chi connectivity index (χ1v) is 9.54. The molecule has 22 heavy (non-hydrogen) atoms. The maximum absolute atomic E-state index is 12.5. The van der Waals surface area contributed by atoms with Gasteiger partial charge < -0.3 is 9.47 Å². The van der Waals surface area contributed by atoms with Gasteiger partial charge in [0.2, 0.25) is 0 Å². The fraction of sp³-hybridized carbons (Fsp3) is 0.933. The zero-order valence-corrected chi connectivity index (χ0v) is 14.6. The lowest BCUT2D eigenvalue weighted by atomic mass is 9.88. The third-order valence-electron chi connectivity index (χ3n) is 4.65. The summed E-state index contributed by atoms with van der Waals surface area (Å²) in [4.78, 5) is 12.5. The van der Waals surface area contributed by atoms with Crippen LogP contribution < -0.4 is 0 Å². The van der Waals surface area contributed by atoms with Gasteiger partial charge in [-0.1, -0.05) is 13.8 Å². The number of rotatable bonds is 9. The molecule has 1 aliphatic rings. The van der Waals surface area contributed by atoms with E-state index in [1.807, 2.05) is 13.8 Å². The second kappa shape index (κ2) is 7.75. The topological polar surface area (TPSA) is 89.9 Å². The minimum absolute atomic E-state index is 0.0810. The predicted octanol–water partition coefficient (Wildman–Crippen LogP) is 2.57. The van der Waals surface area contributed by atoms with Crippen molar-refractivity contribution in [1.29, 1.82) is 0 Å². The van der Waals surface area contributed by atoms with Crippen LogP contribution in [-0.4, -0.2) is 43.5 Å². The van der Waals surface area contributed by atoms with Crippen LogP contribution in [0.3, 0.4) is 0 Å². The molecule has 7 heteroatoms. The van der Waals surface area contributed by atoms with Crippen LogP contribution in [-0.2, 0) is 24.4 Å². The lowest BCUT2D eigenvalue weighted by Gasteiger charge is -2.34. The minimum atomic E-state index is -4.04. The molecule has 1 rings (SSSR count). The molecule has 6 nitrogen and oxygen atoms in total. The first-order chi connectivity index (χ1) is 10.2. The Hall–Kier alpha value is -0.660. The number of hydrogen-bond donors (Lipinski definition) is 1. The van der Waals surface area contributed by atoms with Gasteiger partial charge in [0.1, 0.15) is 5.60 Å². The molecule has 0 heterocycles. The van der Waals surface area contributed by atoms with Gasteiger partial charge in [0.15, 0.2) is 0 Å². The van der Waals surface area contributed by atoms with E-state index in [4.69, 9.17) is 14.0 Å². The molecule has 0 saturated heterocycles. The summed E-state index contributed by atoms with van der Waals surface area (Å²) < 4.78 is 41.1. The lowest BCUT2D eigenvalue weighted by molar-refractivity contribution is -0.175. The summed E-state index contributed by atoms with van der Waals surface area (Å²) in [7, 11) is -4.04. The highest BCUT2D eigenvalue weighted by Crippen LogP contribution is 2.38. The first kappa shape index (κ1) is 19.4. The molecular weight excluding hydrogens is 308 g/mol. The predicted molar refractivity (Wildman–Crippen MR) is 83.2 cm³/mol. The molecule has 1 N–H and O–H groups in total. The molecule has 1 unspecified atom stereocenters. The Morgan fingerprint density at radius 2 is 1.86 bits per heavy atom. The Balaban J connectivity index is 2.57. The zero-order valence-electron chi connectivity index (χ0n) is 13.8. The van der Waals surface area contributed by atoms with Crippen LogP contribution >= 0.6 is 0 Å². The monoisotopic (exact) mass is 336 g/mol. The summed E-state index contributed by atoms with van der Waals surface area (Å²) in [5, 5.41) is 0. The maximum atomic E-state index is 12.5. The second-order valence-electron chi connectivity index (χ2n) is 6.39. The van der Waals surface area contributed by atoms with E-state index in [1.165, 1.54) is 0 Å². The second-order valence-corrected chi connectivity index (χ2v) is 7.96. The lowest BCUT2D eigenvalue weighted by Crippen LogP contribution is -2.41. The Morgan fingerprint density at radius 1 is 1.27 bits per heavy atom. The van der Waals surface area contributed by atoms with Crippen LogP contribution in [0.4, 0.5) is 0 Å². The Labute approximate surface area is 133 Å². The maximum Gasteiger partial charge on any atom is 0.314 e. The number of carbonyl (C=O) groups is 1. The molecule has 0 aliphatic heterocycles. The smallest absolute Gasteiger partial charge is 0.314 e. The molecule has 0 amide bonds. The first-order valence-electron chi connectivity index (χ1n) is 7.93. The molecule has 0 aromatic heterocycles. The van der Waals surface area contributed by atoms with Crippen molar-refractivity contribution in [3.63, 3.8) is 0 Å². The molecule has 0 aromatic rings. The fourth-order valence-corrected chi connectivity index (χ4v) is 2.96. The number of carbonyl (C=O) groups excluding carboxylic acids is 1. The third-order valence-corrected chi connectivity index (χ3v) is 5.33. The van der Waals surface area contributed by atoms with Crippen LogP contribution in [0.15, 0.2) is 0 Å². The highest BCUT2D eigenvalue weighted by Gasteiger charge is 2.41. The van der Waals surface area contributed by atoms with Gasteiger partial charge in [0.25, 0.3) is 10.1 Å². The summed E-state index contributed by atoms with van der Waals surface area (Å²) in [6.45, 7) is 5.62. The molecule has 0 bridgehead atoms. The van der Waals surface area contributed by atoms with Crippen molar-refractivity contribution in [2.75, 3.05) is 19.0 Å². The van der Waals surface area contributed by atoms with E-state index >= 15 is 0 Å². The summed E-state index contributed by atoms with van der Waals surface area (Å²) in [6.07, 6.45) is 5.31. The Morgan fingerprint density at radius 3 is 2.32 bits per heavy atom. The van der Waals surface area contributed by atoms with Crippen molar-refractivity contribution in [2.24, 2.45) is 5.41 Å². The van der Waals surface area contributed by atoms with Gasteiger partial charge in [0, 0.05) is 0 Å². The molecule has 130 valence electrons. The molecule has 0 radical (unpaired) electrons. The summed E-state index contributed by atoms with van der Waals surface area (Å²) >= 11 is 0. The van der Waals surface area contributed by atoms with E-state index in [0.29, 0.717) is 6.42 Å². The molecule has 1 aliphatic carbocycles. The number of ether oxygens (including phenoxy) is 2. The summed E-state index contributed by atoms with van der Waals surface area (Å²) in [6, 6.07) is 0. The minimum Gasteiger partial charge on any atom is -0.459 e. The highest BCUT2D eigenvalue weighted by molar-refractivity contribution is 7.85. The quantitative estimate of drug-likeness (QED) is 0.395. The Kier molecular flexibility index (Phi) is 6.83. The van der Waals surface area contributed by atoms with Crippen molar-refractivity contribution < 1.29 is 27.2 Å². The van der Waals surface area contributed by atoms with Gasteiger partial charge in [-0.3, -0.25) is 9.35 Å². The molecular formula is C15H28O6S. The van der Waals surface area contributed by atoms with E-state index in [1.54, 1.807) is 6.92 Å². The van der Waals surface area contributed by atoms with Gasteiger partial charge in [-0.05, 0) is 45.4 Å². The Bertz CT molecular complexity index is 466. The van der Waals surface area contributed by atoms with Gasteiger partial charge in [0.05, 0.1) is 24.4 Å². The van der Waals surface area contributed by atoms with E-state index in [2.05, 4.69) is 0 Å². The number of hydrogen-bond acceptors (Lipinski definition) is 5. The largest absolute Gasteiger partial charge is 0.459 e. The van der Waals surface area contributed by atoms with E-state index < -0.39 is 21.3 Å². The average molecular weight is 336 g/mol.